The van der Waals surface area contributed by atoms with Crippen LogP contribution in [0.3, 0.4) is 0 Å². The molecule has 3 N–H and O–H groups in total. The zero-order valence-electron chi connectivity index (χ0n) is 18.0. The van der Waals surface area contributed by atoms with Crippen LogP contribution in [0.25, 0.3) is 5.57 Å². The quantitative estimate of drug-likeness (QED) is 0.624. The molecular weight excluding hydrogens is 406 g/mol. The minimum absolute atomic E-state index is 0.221. The second-order valence-corrected chi connectivity index (χ2v) is 8.41. The Hall–Kier alpha value is -3.16. The molecule has 7 heteroatoms. The summed E-state index contributed by atoms with van der Waals surface area (Å²) in [5, 5.41) is 22.0. The van der Waals surface area contributed by atoms with Crippen molar-refractivity contribution in [3.63, 3.8) is 0 Å². The monoisotopic (exact) mass is 435 g/mol. The molecule has 0 radical (unpaired) electrons. The summed E-state index contributed by atoms with van der Waals surface area (Å²) in [6.07, 6.45) is 3.13. The highest BCUT2D eigenvalue weighted by Gasteiger charge is 2.24. The minimum atomic E-state index is -0.599. The molecule has 2 heterocycles. The van der Waals surface area contributed by atoms with Crippen molar-refractivity contribution in [2.24, 2.45) is 0 Å². The summed E-state index contributed by atoms with van der Waals surface area (Å²) in [7, 11) is 0. The van der Waals surface area contributed by atoms with E-state index in [0.717, 1.165) is 35.2 Å². The number of phenols is 1. The summed E-state index contributed by atoms with van der Waals surface area (Å²) in [6, 6.07) is 14.9. The lowest BCUT2D eigenvalue weighted by molar-refractivity contribution is -0.145. The van der Waals surface area contributed by atoms with E-state index in [0.29, 0.717) is 39.1 Å². The molecule has 0 aliphatic carbocycles. The molecule has 2 aromatic carbocycles. The number of hydrogen-bond donors (Lipinski definition) is 3. The van der Waals surface area contributed by atoms with Crippen LogP contribution in [0.4, 0.5) is 0 Å². The highest BCUT2D eigenvalue weighted by Crippen LogP contribution is 2.24. The first-order valence-corrected chi connectivity index (χ1v) is 11.0. The number of hydrogen-bond acceptors (Lipinski definition) is 5. The van der Waals surface area contributed by atoms with Gasteiger partial charge in [-0.25, -0.2) is 0 Å². The SMILES string of the molecule is O=C(NCc1ccccc1CN1CCC(O)C1)C(=O)N1CC=C(c2ccc(O)cc2)CC1. The number of carbonyl (C=O) groups excluding carboxylic acids is 2. The molecule has 2 aliphatic rings. The highest BCUT2D eigenvalue weighted by molar-refractivity contribution is 6.35. The fourth-order valence-corrected chi connectivity index (χ4v) is 4.27. The number of likely N-dealkylation sites (tertiary alicyclic amines) is 1. The van der Waals surface area contributed by atoms with Crippen molar-refractivity contribution in [3.8, 4) is 5.75 Å². The molecule has 0 aromatic heterocycles. The van der Waals surface area contributed by atoms with Crippen molar-refractivity contribution >= 4 is 17.4 Å². The van der Waals surface area contributed by atoms with Crippen LogP contribution in [0.1, 0.15) is 29.5 Å². The normalized spacial score (nSPS) is 19.0. The number of amides is 2. The van der Waals surface area contributed by atoms with Crippen molar-refractivity contribution in [2.45, 2.75) is 32.0 Å². The Morgan fingerprint density at radius 2 is 1.78 bits per heavy atom. The fraction of sp³-hybridized carbons (Fsp3) is 0.360. The van der Waals surface area contributed by atoms with E-state index in [9.17, 15) is 19.8 Å². The maximum Gasteiger partial charge on any atom is 0.312 e. The lowest BCUT2D eigenvalue weighted by Crippen LogP contribution is -2.44. The number of aliphatic hydroxyl groups is 1. The third-order valence-electron chi connectivity index (χ3n) is 6.13. The number of carbonyl (C=O) groups is 2. The highest BCUT2D eigenvalue weighted by atomic mass is 16.3. The van der Waals surface area contributed by atoms with Crippen LogP contribution in [-0.2, 0) is 22.7 Å². The third-order valence-corrected chi connectivity index (χ3v) is 6.13. The van der Waals surface area contributed by atoms with Gasteiger partial charge in [0.25, 0.3) is 0 Å². The van der Waals surface area contributed by atoms with E-state index in [1.54, 1.807) is 17.0 Å². The standard InChI is InChI=1S/C25H29N3O4/c29-22-7-5-18(6-8-22)19-9-13-28(14-10-19)25(32)24(31)26-15-20-3-1-2-4-21(20)16-27-12-11-23(30)17-27/h1-9,23,29-30H,10-17H2,(H,26,31). The predicted octanol–water partition coefficient (Wildman–Crippen LogP) is 1.89. The molecule has 1 atom stereocenters. The smallest absolute Gasteiger partial charge is 0.312 e. The van der Waals surface area contributed by atoms with E-state index in [1.807, 2.05) is 42.5 Å². The van der Waals surface area contributed by atoms with Gasteiger partial charge in [0.05, 0.1) is 6.10 Å². The second kappa shape index (κ2) is 9.97. The number of phenolic OH excluding ortho intramolecular Hbond substituents is 1. The van der Waals surface area contributed by atoms with Gasteiger partial charge in [-0.15, -0.1) is 0 Å². The maximum absolute atomic E-state index is 12.6. The van der Waals surface area contributed by atoms with Crippen molar-refractivity contribution < 1.29 is 19.8 Å². The van der Waals surface area contributed by atoms with Crippen LogP contribution in [0.2, 0.25) is 0 Å². The topological polar surface area (TPSA) is 93.1 Å². The summed E-state index contributed by atoms with van der Waals surface area (Å²) in [5.74, 6) is -0.901. The molecule has 32 heavy (non-hydrogen) atoms. The molecular formula is C25H29N3O4. The lowest BCUT2D eigenvalue weighted by Gasteiger charge is -2.26. The zero-order chi connectivity index (χ0) is 22.5. The van der Waals surface area contributed by atoms with Crippen molar-refractivity contribution in [2.75, 3.05) is 26.2 Å². The molecule has 1 unspecified atom stereocenters. The molecule has 2 aliphatic heterocycles. The van der Waals surface area contributed by atoms with Gasteiger partial charge in [0.1, 0.15) is 5.75 Å². The van der Waals surface area contributed by atoms with E-state index < -0.39 is 11.8 Å². The molecule has 0 saturated carbocycles. The molecule has 0 spiro atoms. The van der Waals surface area contributed by atoms with Gasteiger partial charge in [0.15, 0.2) is 0 Å². The van der Waals surface area contributed by atoms with E-state index in [4.69, 9.17) is 0 Å². The van der Waals surface area contributed by atoms with Crippen LogP contribution in [0.15, 0.2) is 54.6 Å². The second-order valence-electron chi connectivity index (χ2n) is 8.41. The Labute approximate surface area is 188 Å². The Balaban J connectivity index is 1.31. The molecule has 2 aromatic rings. The summed E-state index contributed by atoms with van der Waals surface area (Å²) in [5.41, 5.74) is 4.19. The molecule has 4 rings (SSSR count). The largest absolute Gasteiger partial charge is 0.508 e. The lowest BCUT2D eigenvalue weighted by atomic mass is 9.99. The van der Waals surface area contributed by atoms with E-state index in [1.165, 1.54) is 0 Å². The number of aliphatic hydroxyl groups excluding tert-OH is 1. The van der Waals surface area contributed by atoms with Crippen LogP contribution >= 0.6 is 0 Å². The van der Waals surface area contributed by atoms with Gasteiger partial charge < -0.3 is 20.4 Å². The van der Waals surface area contributed by atoms with Gasteiger partial charge in [0.2, 0.25) is 0 Å². The fourth-order valence-electron chi connectivity index (χ4n) is 4.27. The number of rotatable bonds is 5. The van der Waals surface area contributed by atoms with Crippen LogP contribution in [0, 0.1) is 0 Å². The Bertz CT molecular complexity index is 1000. The first-order chi connectivity index (χ1) is 15.5. The average Bonchev–Trinajstić information content (AvgIpc) is 3.23. The van der Waals surface area contributed by atoms with Gasteiger partial charge in [0, 0.05) is 39.3 Å². The molecule has 0 bridgehead atoms. The Kier molecular flexibility index (Phi) is 6.87. The summed E-state index contributed by atoms with van der Waals surface area (Å²) in [4.78, 5) is 28.9. The molecule has 1 saturated heterocycles. The van der Waals surface area contributed by atoms with E-state index in [2.05, 4.69) is 10.2 Å². The summed E-state index contributed by atoms with van der Waals surface area (Å²) < 4.78 is 0. The van der Waals surface area contributed by atoms with Crippen LogP contribution in [0.5, 0.6) is 5.75 Å². The summed E-state index contributed by atoms with van der Waals surface area (Å²) >= 11 is 0. The first kappa shape index (κ1) is 22.0. The predicted molar refractivity (Wildman–Crippen MR) is 121 cm³/mol. The zero-order valence-corrected chi connectivity index (χ0v) is 18.0. The minimum Gasteiger partial charge on any atom is -0.508 e. The number of nitrogens with one attached hydrogen (secondary N) is 1. The molecule has 168 valence electrons. The van der Waals surface area contributed by atoms with Gasteiger partial charge in [-0.1, -0.05) is 42.5 Å². The molecule has 7 nitrogen and oxygen atoms in total. The van der Waals surface area contributed by atoms with E-state index >= 15 is 0 Å². The third kappa shape index (κ3) is 5.36. The van der Waals surface area contributed by atoms with E-state index in [-0.39, 0.29) is 11.9 Å². The number of β-amino-alcohol motifs (C(OH)–C–C–N with tert-alkyl or cyclic N) is 1. The number of nitrogens with zero attached hydrogens (tertiary/aromatic N) is 2. The first-order valence-electron chi connectivity index (χ1n) is 11.0. The Morgan fingerprint density at radius 1 is 1.03 bits per heavy atom. The average molecular weight is 436 g/mol. The summed E-state index contributed by atoms with van der Waals surface area (Å²) in [6.45, 7) is 3.39. The van der Waals surface area contributed by atoms with Gasteiger partial charge in [-0.05, 0) is 47.2 Å². The maximum atomic E-state index is 12.6. The van der Waals surface area contributed by atoms with Crippen molar-refractivity contribution in [3.05, 3.63) is 71.3 Å². The van der Waals surface area contributed by atoms with Gasteiger partial charge in [-0.2, -0.15) is 0 Å². The number of benzene rings is 2. The van der Waals surface area contributed by atoms with Crippen LogP contribution < -0.4 is 5.32 Å². The number of aromatic hydroxyl groups is 1. The van der Waals surface area contributed by atoms with Crippen molar-refractivity contribution in [1.82, 2.24) is 15.1 Å². The van der Waals surface area contributed by atoms with Crippen LogP contribution in [-0.4, -0.2) is 64.1 Å². The molecule has 2 amide bonds. The van der Waals surface area contributed by atoms with Gasteiger partial charge in [-0.3, -0.25) is 14.5 Å². The Morgan fingerprint density at radius 3 is 2.44 bits per heavy atom. The molecule has 1 fully saturated rings. The van der Waals surface area contributed by atoms with Gasteiger partial charge >= 0.3 is 11.8 Å². The van der Waals surface area contributed by atoms with Crippen molar-refractivity contribution in [1.29, 1.82) is 0 Å².